The van der Waals surface area contributed by atoms with Crippen LogP contribution in [0.3, 0.4) is 0 Å². The normalized spacial score (nSPS) is 14.6. The second-order valence-electron chi connectivity index (χ2n) is 0.655. The molecule has 1 unspecified atom stereocenters. The van der Waals surface area contributed by atoms with Crippen LogP contribution in [0.4, 0.5) is 0 Å². The minimum absolute atomic E-state index is 1.27. The number of hydrogen-bond donors (Lipinski definition) is 1. The molecule has 0 aromatic carbocycles. The van der Waals surface area contributed by atoms with Gasteiger partial charge >= 0.3 is 11.4 Å². The number of nitrogens with zero attached hydrogens (tertiary/aromatic N) is 1. The van der Waals surface area contributed by atoms with E-state index in [1.807, 2.05) is 0 Å². The Balaban J connectivity index is 3.14. The predicted molar refractivity (Wildman–Crippen MR) is 26.0 cm³/mol. The van der Waals surface area contributed by atoms with Gasteiger partial charge in [0.15, 0.2) is 0 Å². The molecular formula is C2H5NO3S. The summed E-state index contributed by atoms with van der Waals surface area (Å²) in [5, 5.41) is 3.00. The Morgan fingerprint density at radius 1 is 2.00 bits per heavy atom. The van der Waals surface area contributed by atoms with Gasteiger partial charge in [-0.3, -0.25) is 8.84 Å². The lowest BCUT2D eigenvalue weighted by molar-refractivity contribution is 0.327. The van der Waals surface area contributed by atoms with E-state index in [2.05, 4.69) is 9.44 Å². The molecule has 42 valence electrons. The molecular weight excluding hydrogens is 118 g/mol. The molecule has 0 aromatic heterocycles. The van der Waals surface area contributed by atoms with E-state index in [4.69, 9.17) is 4.55 Å². The quantitative estimate of drug-likeness (QED) is 0.323. The highest BCUT2D eigenvalue weighted by atomic mass is 32.2. The largest absolute Gasteiger partial charge is 0.378 e. The van der Waals surface area contributed by atoms with Gasteiger partial charge in [0.25, 0.3) is 0 Å². The molecule has 0 bridgehead atoms. The van der Waals surface area contributed by atoms with Crippen molar-refractivity contribution in [2.45, 2.75) is 6.92 Å². The molecule has 0 fully saturated rings. The third-order valence-corrected chi connectivity index (χ3v) is 0.426. The highest BCUT2D eigenvalue weighted by Crippen LogP contribution is 1.75. The van der Waals surface area contributed by atoms with Crippen molar-refractivity contribution in [3.05, 3.63) is 0 Å². The highest BCUT2D eigenvalue weighted by Gasteiger charge is 1.82. The number of hydrogen-bond acceptors (Lipinski definition) is 3. The van der Waals surface area contributed by atoms with E-state index in [-0.39, 0.29) is 0 Å². The van der Waals surface area contributed by atoms with E-state index >= 15 is 0 Å². The van der Waals surface area contributed by atoms with Gasteiger partial charge in [0.2, 0.25) is 0 Å². The monoisotopic (exact) mass is 123 g/mol. The summed E-state index contributed by atoms with van der Waals surface area (Å²) in [6, 6.07) is 0. The fourth-order valence-corrected chi connectivity index (χ4v) is 0.240. The first-order chi connectivity index (χ1) is 3.27. The smallest absolute Gasteiger partial charge is 0.273 e. The summed E-state index contributed by atoms with van der Waals surface area (Å²) in [5.74, 6) is 0. The molecule has 0 aliphatic carbocycles. The van der Waals surface area contributed by atoms with Gasteiger partial charge in [-0.05, 0) is 6.92 Å². The van der Waals surface area contributed by atoms with Gasteiger partial charge in [-0.15, -0.1) is 0 Å². The zero-order chi connectivity index (χ0) is 5.70. The Kier molecular flexibility index (Phi) is 3.53. The van der Waals surface area contributed by atoms with Crippen LogP contribution < -0.4 is 0 Å². The summed E-state index contributed by atoms with van der Waals surface area (Å²) in [5.41, 5.74) is 0. The van der Waals surface area contributed by atoms with Gasteiger partial charge in [0, 0.05) is 6.21 Å². The van der Waals surface area contributed by atoms with Crippen molar-refractivity contribution in [3.63, 3.8) is 0 Å². The van der Waals surface area contributed by atoms with Crippen LogP contribution in [0.2, 0.25) is 0 Å². The van der Waals surface area contributed by atoms with E-state index in [1.165, 1.54) is 6.21 Å². The van der Waals surface area contributed by atoms with Crippen LogP contribution in [-0.2, 0) is 15.6 Å². The lowest BCUT2D eigenvalue weighted by Gasteiger charge is -1.81. The average molecular weight is 123 g/mol. The maximum atomic E-state index is 9.53. The Bertz CT molecular complexity index is 90.9. The summed E-state index contributed by atoms with van der Waals surface area (Å²) in [6.07, 6.45) is 1.27. The molecule has 0 rings (SSSR count). The van der Waals surface area contributed by atoms with E-state index in [0.29, 0.717) is 0 Å². The zero-order valence-electron chi connectivity index (χ0n) is 3.70. The summed E-state index contributed by atoms with van der Waals surface area (Å²) < 4.78 is 21.1. The highest BCUT2D eigenvalue weighted by molar-refractivity contribution is 7.74. The summed E-state index contributed by atoms with van der Waals surface area (Å²) in [4.78, 5) is 0. The summed E-state index contributed by atoms with van der Waals surface area (Å²) >= 11 is -2.26. The van der Waals surface area contributed by atoms with Gasteiger partial charge in [-0.2, -0.15) is 4.21 Å². The SMILES string of the molecule is C/C=N/OS(=O)O. The molecule has 0 amide bonds. The van der Waals surface area contributed by atoms with Crippen molar-refractivity contribution in [2.24, 2.45) is 5.16 Å². The first-order valence-electron chi connectivity index (χ1n) is 1.53. The lowest BCUT2D eigenvalue weighted by Crippen LogP contribution is -1.85. The Hall–Kier alpha value is -0.420. The van der Waals surface area contributed by atoms with Crippen molar-refractivity contribution in [3.8, 4) is 0 Å². The molecule has 0 radical (unpaired) electrons. The summed E-state index contributed by atoms with van der Waals surface area (Å²) in [7, 11) is 0. The van der Waals surface area contributed by atoms with E-state index in [1.54, 1.807) is 6.92 Å². The van der Waals surface area contributed by atoms with Crippen LogP contribution in [0.1, 0.15) is 6.92 Å². The van der Waals surface area contributed by atoms with Gasteiger partial charge in [0.1, 0.15) is 0 Å². The van der Waals surface area contributed by atoms with Gasteiger partial charge in [0.05, 0.1) is 0 Å². The van der Waals surface area contributed by atoms with Crippen LogP contribution in [0.5, 0.6) is 0 Å². The summed E-state index contributed by atoms with van der Waals surface area (Å²) in [6.45, 7) is 1.58. The third-order valence-electron chi connectivity index (χ3n) is 0.212. The van der Waals surface area contributed by atoms with Gasteiger partial charge < -0.3 is 0 Å². The minimum atomic E-state index is -2.26. The van der Waals surface area contributed by atoms with Gasteiger partial charge in [-0.25, -0.2) is 0 Å². The molecule has 1 N–H and O–H groups in total. The van der Waals surface area contributed by atoms with Crippen molar-refractivity contribution < 1.29 is 13.0 Å². The molecule has 0 spiro atoms. The molecule has 0 aliphatic heterocycles. The molecule has 5 heteroatoms. The zero-order valence-corrected chi connectivity index (χ0v) is 4.51. The first kappa shape index (κ1) is 6.58. The van der Waals surface area contributed by atoms with E-state index in [9.17, 15) is 4.21 Å². The lowest BCUT2D eigenvalue weighted by atomic mass is 10.9. The molecule has 4 nitrogen and oxygen atoms in total. The number of rotatable bonds is 2. The van der Waals surface area contributed by atoms with E-state index in [0.717, 1.165) is 0 Å². The van der Waals surface area contributed by atoms with Crippen molar-refractivity contribution in [1.29, 1.82) is 0 Å². The molecule has 0 saturated heterocycles. The maximum Gasteiger partial charge on any atom is 0.378 e. The standard InChI is InChI=1S/C2H5NO3S/c1-2-3-6-7(4)5/h2H,1H3,(H,4,5)/b3-2+. The molecule has 0 aromatic rings. The molecule has 7 heavy (non-hydrogen) atoms. The van der Waals surface area contributed by atoms with Crippen molar-refractivity contribution >= 4 is 17.6 Å². The Morgan fingerprint density at radius 2 is 2.57 bits per heavy atom. The molecule has 0 saturated carbocycles. The van der Waals surface area contributed by atoms with E-state index < -0.39 is 11.4 Å². The predicted octanol–water partition coefficient (Wildman–Crippen LogP) is 0.145. The van der Waals surface area contributed by atoms with Crippen LogP contribution in [0.15, 0.2) is 5.16 Å². The molecule has 0 heterocycles. The second kappa shape index (κ2) is 3.76. The van der Waals surface area contributed by atoms with Gasteiger partial charge in [-0.1, -0.05) is 5.16 Å². The minimum Gasteiger partial charge on any atom is -0.273 e. The van der Waals surface area contributed by atoms with Crippen molar-refractivity contribution in [1.82, 2.24) is 0 Å². The maximum absolute atomic E-state index is 9.53. The average Bonchev–Trinajstić information content (AvgIpc) is 1.61. The topological polar surface area (TPSA) is 58.9 Å². The van der Waals surface area contributed by atoms with Crippen LogP contribution >= 0.6 is 0 Å². The molecule has 0 aliphatic rings. The fraction of sp³-hybridized carbons (Fsp3) is 0.500. The van der Waals surface area contributed by atoms with Crippen LogP contribution in [0.25, 0.3) is 0 Å². The third kappa shape index (κ3) is 5.58. The second-order valence-corrected chi connectivity index (χ2v) is 1.24. The first-order valence-corrected chi connectivity index (χ1v) is 2.57. The fourth-order valence-electron chi connectivity index (χ4n) is 0.0798. The van der Waals surface area contributed by atoms with Crippen LogP contribution in [0, 0.1) is 0 Å². The number of oxime groups is 1. The Labute approximate surface area is 43.7 Å². The van der Waals surface area contributed by atoms with Crippen molar-refractivity contribution in [2.75, 3.05) is 0 Å². The Morgan fingerprint density at radius 3 is 2.71 bits per heavy atom. The molecule has 1 atom stereocenters. The van der Waals surface area contributed by atoms with Crippen LogP contribution in [-0.4, -0.2) is 15.0 Å².